The predicted octanol–water partition coefficient (Wildman–Crippen LogP) is 0.306. The van der Waals surface area contributed by atoms with Gasteiger partial charge in [-0.1, -0.05) is 0 Å². The van der Waals surface area contributed by atoms with Crippen molar-refractivity contribution in [2.75, 3.05) is 14.1 Å². The summed E-state index contributed by atoms with van der Waals surface area (Å²) in [6.07, 6.45) is 0. The number of hydrogen-bond donors (Lipinski definition) is 4. The molecule has 0 atom stereocenters. The average Bonchev–Trinajstić information content (AvgIpc) is 1.91. The maximum Gasteiger partial charge on any atom is 0.314 e. The highest BCUT2D eigenvalue weighted by Gasteiger charge is 1.81. The Morgan fingerprint density at radius 1 is 1.25 bits per heavy atom. The molecular formula is C3H10N2OS2. The highest BCUT2D eigenvalue weighted by molar-refractivity contribution is 8.59. The fourth-order valence-electron chi connectivity index (χ4n) is 0.125. The lowest BCUT2D eigenvalue weighted by molar-refractivity contribution is 0.245. The molecule has 0 aliphatic carbocycles. The van der Waals surface area contributed by atoms with Crippen LogP contribution in [0.3, 0.4) is 0 Å². The van der Waals surface area contributed by atoms with E-state index in [2.05, 4.69) is 34.0 Å². The van der Waals surface area contributed by atoms with E-state index in [0.717, 1.165) is 0 Å². The standard InChI is InChI=1S/C3H8N2O.H2S2/c1-4-3(6)5-2;1-2/h1-2H3,(H2,4,5,6);1-2H. The molecule has 50 valence electrons. The minimum absolute atomic E-state index is 0.157. The van der Waals surface area contributed by atoms with Gasteiger partial charge in [0.05, 0.1) is 0 Å². The van der Waals surface area contributed by atoms with Crippen molar-refractivity contribution in [1.82, 2.24) is 10.6 Å². The lowest BCUT2D eigenvalue weighted by Gasteiger charge is -1.91. The monoisotopic (exact) mass is 154 g/mol. The van der Waals surface area contributed by atoms with E-state index in [-0.39, 0.29) is 6.03 Å². The van der Waals surface area contributed by atoms with Crippen molar-refractivity contribution < 1.29 is 4.79 Å². The molecule has 5 heteroatoms. The molecule has 8 heavy (non-hydrogen) atoms. The Balaban J connectivity index is 0. The molecule has 0 rings (SSSR count). The number of amides is 2. The van der Waals surface area contributed by atoms with Gasteiger partial charge < -0.3 is 10.6 Å². The molecule has 2 amide bonds. The minimum atomic E-state index is -0.157. The summed E-state index contributed by atoms with van der Waals surface area (Å²) in [5.74, 6) is 0. The second-order valence-electron chi connectivity index (χ2n) is 0.829. The van der Waals surface area contributed by atoms with Gasteiger partial charge in [-0.15, -0.1) is 23.3 Å². The van der Waals surface area contributed by atoms with E-state index in [1.165, 1.54) is 0 Å². The molecule has 0 bridgehead atoms. The first kappa shape index (κ1) is 10.9. The number of nitrogens with one attached hydrogen (secondary N) is 2. The Bertz CT molecular complexity index is 53.2. The van der Waals surface area contributed by atoms with E-state index in [1.54, 1.807) is 14.1 Å². The normalized spacial score (nSPS) is 6.00. The Morgan fingerprint density at radius 2 is 1.50 bits per heavy atom. The van der Waals surface area contributed by atoms with Gasteiger partial charge in [0.15, 0.2) is 0 Å². The zero-order chi connectivity index (χ0) is 6.99. The predicted molar refractivity (Wildman–Crippen MR) is 41.5 cm³/mol. The molecule has 0 saturated carbocycles. The molecule has 0 spiro atoms. The van der Waals surface area contributed by atoms with Gasteiger partial charge in [0.2, 0.25) is 0 Å². The molecule has 0 aromatic carbocycles. The van der Waals surface area contributed by atoms with Gasteiger partial charge in [-0.3, -0.25) is 0 Å². The van der Waals surface area contributed by atoms with Crippen LogP contribution in [0.4, 0.5) is 4.79 Å². The minimum Gasteiger partial charge on any atom is -0.341 e. The van der Waals surface area contributed by atoms with Crippen molar-refractivity contribution in [3.8, 4) is 0 Å². The molecule has 0 heterocycles. The van der Waals surface area contributed by atoms with Crippen molar-refractivity contribution in [3.63, 3.8) is 0 Å². The van der Waals surface area contributed by atoms with Crippen molar-refractivity contribution in [1.29, 1.82) is 0 Å². The van der Waals surface area contributed by atoms with Gasteiger partial charge in [-0.25, -0.2) is 4.79 Å². The number of carbonyl (C=O) groups is 1. The summed E-state index contributed by atoms with van der Waals surface area (Å²) >= 11 is 6.44. The van der Waals surface area contributed by atoms with Crippen molar-refractivity contribution in [2.24, 2.45) is 0 Å². The molecule has 3 nitrogen and oxygen atoms in total. The number of carbonyl (C=O) groups excluding carboxylic acids is 1. The molecule has 0 aromatic heterocycles. The Morgan fingerprint density at radius 3 is 1.50 bits per heavy atom. The van der Waals surface area contributed by atoms with Gasteiger partial charge in [-0.05, 0) is 0 Å². The molecule has 0 aromatic rings. The zero-order valence-corrected chi connectivity index (χ0v) is 6.59. The summed E-state index contributed by atoms with van der Waals surface area (Å²) in [6, 6.07) is -0.157. The third-order valence-electron chi connectivity index (χ3n) is 0.454. The highest BCUT2D eigenvalue weighted by Crippen LogP contribution is 1.65. The second kappa shape index (κ2) is 10.1. The summed E-state index contributed by atoms with van der Waals surface area (Å²) in [6.45, 7) is 0. The first-order chi connectivity index (χ1) is 3.81. The molecule has 2 N–H and O–H groups in total. The smallest absolute Gasteiger partial charge is 0.314 e. The second-order valence-corrected chi connectivity index (χ2v) is 0.829. The van der Waals surface area contributed by atoms with Crippen LogP contribution in [0, 0.1) is 0 Å². The van der Waals surface area contributed by atoms with E-state index in [0.29, 0.717) is 0 Å². The van der Waals surface area contributed by atoms with Crippen LogP contribution in [0.2, 0.25) is 0 Å². The molecular weight excluding hydrogens is 144 g/mol. The topological polar surface area (TPSA) is 41.1 Å². The van der Waals surface area contributed by atoms with Gasteiger partial charge in [0, 0.05) is 14.1 Å². The van der Waals surface area contributed by atoms with Crippen LogP contribution in [-0.4, -0.2) is 20.1 Å². The number of hydrogen-bond acceptors (Lipinski definition) is 3. The first-order valence-electron chi connectivity index (χ1n) is 1.90. The van der Waals surface area contributed by atoms with E-state index >= 15 is 0 Å². The van der Waals surface area contributed by atoms with E-state index in [1.807, 2.05) is 0 Å². The van der Waals surface area contributed by atoms with E-state index in [4.69, 9.17) is 0 Å². The SMILES string of the molecule is CNC(=O)NC.SS. The summed E-state index contributed by atoms with van der Waals surface area (Å²) in [7, 11) is 3.14. The molecule has 0 radical (unpaired) electrons. The van der Waals surface area contributed by atoms with Gasteiger partial charge in [0.25, 0.3) is 0 Å². The molecule has 0 saturated heterocycles. The molecule has 0 aliphatic rings. The van der Waals surface area contributed by atoms with Crippen LogP contribution in [-0.2, 0) is 0 Å². The fourth-order valence-corrected chi connectivity index (χ4v) is 0.125. The summed E-state index contributed by atoms with van der Waals surface area (Å²) in [5, 5.41) is 4.73. The van der Waals surface area contributed by atoms with Crippen molar-refractivity contribution in [2.45, 2.75) is 0 Å². The first-order valence-corrected chi connectivity index (χ1v) is 3.50. The fraction of sp³-hybridized carbons (Fsp3) is 0.667. The van der Waals surface area contributed by atoms with Gasteiger partial charge in [0.1, 0.15) is 0 Å². The van der Waals surface area contributed by atoms with E-state index in [9.17, 15) is 4.79 Å². The third-order valence-corrected chi connectivity index (χ3v) is 0.454. The maximum atomic E-state index is 9.96. The number of urea groups is 1. The summed E-state index contributed by atoms with van der Waals surface area (Å²) in [5.41, 5.74) is 0. The number of thiol groups is 2. The Labute approximate surface area is 59.4 Å². The van der Waals surface area contributed by atoms with Crippen molar-refractivity contribution in [3.05, 3.63) is 0 Å². The third kappa shape index (κ3) is 9.36. The van der Waals surface area contributed by atoms with Gasteiger partial charge >= 0.3 is 6.03 Å². The van der Waals surface area contributed by atoms with Crippen LogP contribution in [0.1, 0.15) is 0 Å². The Hall–Kier alpha value is -0.0300. The quantitative estimate of drug-likeness (QED) is 0.294. The van der Waals surface area contributed by atoms with Crippen LogP contribution >= 0.6 is 23.3 Å². The Kier molecular flexibility index (Phi) is 13.7. The maximum absolute atomic E-state index is 9.96. The van der Waals surface area contributed by atoms with Crippen LogP contribution in [0.5, 0.6) is 0 Å². The van der Waals surface area contributed by atoms with Crippen LogP contribution in [0.15, 0.2) is 0 Å². The summed E-state index contributed by atoms with van der Waals surface area (Å²) in [4.78, 5) is 9.96. The molecule has 0 unspecified atom stereocenters. The van der Waals surface area contributed by atoms with Crippen LogP contribution < -0.4 is 10.6 Å². The number of rotatable bonds is 0. The van der Waals surface area contributed by atoms with Crippen LogP contribution in [0.25, 0.3) is 0 Å². The molecule has 0 fully saturated rings. The van der Waals surface area contributed by atoms with Gasteiger partial charge in [-0.2, -0.15) is 0 Å². The zero-order valence-electron chi connectivity index (χ0n) is 4.80. The average molecular weight is 154 g/mol. The lowest BCUT2D eigenvalue weighted by atomic mass is 11.0. The lowest BCUT2D eigenvalue weighted by Crippen LogP contribution is -2.28. The van der Waals surface area contributed by atoms with Crippen molar-refractivity contribution >= 4 is 29.4 Å². The summed E-state index contributed by atoms with van der Waals surface area (Å²) < 4.78 is 0. The highest BCUT2D eigenvalue weighted by atomic mass is 33.1. The molecule has 0 aliphatic heterocycles. The van der Waals surface area contributed by atoms with E-state index < -0.39 is 0 Å². The largest absolute Gasteiger partial charge is 0.341 e.